The van der Waals surface area contributed by atoms with E-state index in [0.717, 1.165) is 12.8 Å². The average Bonchev–Trinajstić information content (AvgIpc) is 3.19. The molecule has 22 heavy (non-hydrogen) atoms. The summed E-state index contributed by atoms with van der Waals surface area (Å²) >= 11 is 7.85. The molecule has 0 bridgehead atoms. The van der Waals surface area contributed by atoms with Gasteiger partial charge in [0.1, 0.15) is 0 Å². The van der Waals surface area contributed by atoms with Crippen molar-refractivity contribution in [2.24, 2.45) is 0 Å². The first-order valence-corrected chi connectivity index (χ1v) is 8.79. The van der Waals surface area contributed by atoms with Gasteiger partial charge in [-0.3, -0.25) is 0 Å². The van der Waals surface area contributed by atoms with Crippen molar-refractivity contribution < 1.29 is 4.79 Å². The molecule has 5 heteroatoms. The van der Waals surface area contributed by atoms with Crippen LogP contribution in [0.15, 0.2) is 41.8 Å². The zero-order valence-corrected chi connectivity index (χ0v) is 13.8. The maximum atomic E-state index is 12.2. The van der Waals surface area contributed by atoms with Gasteiger partial charge in [0.15, 0.2) is 0 Å². The first-order valence-electron chi connectivity index (χ1n) is 7.53. The molecule has 3 rings (SSSR count). The quantitative estimate of drug-likeness (QED) is 0.808. The van der Waals surface area contributed by atoms with Crippen LogP contribution in [-0.2, 0) is 5.41 Å². The van der Waals surface area contributed by atoms with Gasteiger partial charge in [-0.2, -0.15) is 0 Å². The minimum atomic E-state index is -0.198. The minimum Gasteiger partial charge on any atom is -0.337 e. The number of halogens is 1. The van der Waals surface area contributed by atoms with Crippen LogP contribution in [0.1, 0.15) is 30.6 Å². The van der Waals surface area contributed by atoms with E-state index < -0.39 is 0 Å². The Kier molecular flexibility index (Phi) is 4.69. The van der Waals surface area contributed by atoms with Crippen molar-refractivity contribution in [3.05, 3.63) is 51.7 Å². The van der Waals surface area contributed by atoms with E-state index in [2.05, 4.69) is 28.1 Å². The Morgan fingerprint density at radius 1 is 1.18 bits per heavy atom. The van der Waals surface area contributed by atoms with Gasteiger partial charge in [-0.25, -0.2) is 4.79 Å². The van der Waals surface area contributed by atoms with Gasteiger partial charge >= 0.3 is 6.03 Å². The lowest BCUT2D eigenvalue weighted by atomic mass is 9.84. The third-order valence-electron chi connectivity index (χ3n) is 4.31. The molecular formula is C17H19ClN2OS. The van der Waals surface area contributed by atoms with Crippen molar-refractivity contribution in [1.29, 1.82) is 0 Å². The second-order valence-corrected chi connectivity index (χ2v) is 7.11. The molecule has 0 radical (unpaired) electrons. The second kappa shape index (κ2) is 6.71. The summed E-state index contributed by atoms with van der Waals surface area (Å²) in [4.78, 5) is 13.5. The summed E-state index contributed by atoms with van der Waals surface area (Å²) in [6.07, 6.45) is 4.73. The molecule has 116 valence electrons. The minimum absolute atomic E-state index is 0.103. The fraction of sp³-hybridized carbons (Fsp3) is 0.353. The van der Waals surface area contributed by atoms with Crippen LogP contribution in [0, 0.1) is 0 Å². The maximum Gasteiger partial charge on any atom is 0.319 e. The first kappa shape index (κ1) is 15.4. The number of para-hydroxylation sites is 1. The molecule has 0 aliphatic heterocycles. The summed E-state index contributed by atoms with van der Waals surface area (Å²) in [7, 11) is 0. The normalized spacial score (nSPS) is 16.4. The molecular weight excluding hydrogens is 316 g/mol. The number of thiophene rings is 1. The van der Waals surface area contributed by atoms with Gasteiger partial charge in [-0.05, 0) is 36.4 Å². The summed E-state index contributed by atoms with van der Waals surface area (Å²) < 4.78 is 0. The Bertz CT molecular complexity index is 636. The van der Waals surface area contributed by atoms with Crippen LogP contribution in [0.3, 0.4) is 0 Å². The van der Waals surface area contributed by atoms with E-state index in [1.54, 1.807) is 23.5 Å². The molecule has 2 amide bonds. The fourth-order valence-electron chi connectivity index (χ4n) is 3.12. The van der Waals surface area contributed by atoms with Crippen LogP contribution in [0.25, 0.3) is 0 Å². The van der Waals surface area contributed by atoms with E-state index in [9.17, 15) is 4.79 Å². The highest BCUT2D eigenvalue weighted by Crippen LogP contribution is 2.42. The second-order valence-electron chi connectivity index (χ2n) is 5.75. The zero-order chi connectivity index (χ0) is 15.4. The number of hydrogen-bond acceptors (Lipinski definition) is 2. The van der Waals surface area contributed by atoms with Crippen molar-refractivity contribution in [1.82, 2.24) is 5.32 Å². The summed E-state index contributed by atoms with van der Waals surface area (Å²) in [5.74, 6) is 0. The smallest absolute Gasteiger partial charge is 0.319 e. The highest BCUT2D eigenvalue weighted by atomic mass is 35.5. The van der Waals surface area contributed by atoms with Crippen molar-refractivity contribution in [3.8, 4) is 0 Å². The van der Waals surface area contributed by atoms with Gasteiger partial charge in [-0.1, -0.05) is 42.6 Å². The molecule has 0 saturated heterocycles. The molecule has 1 fully saturated rings. The fourth-order valence-corrected chi connectivity index (χ4v) is 4.29. The number of carbonyl (C=O) groups excluding carboxylic acids is 1. The predicted octanol–water partition coefficient (Wildman–Crippen LogP) is 5.04. The standard InChI is InChI=1S/C17H19ClN2OS/c18-13-6-1-2-7-14(13)20-16(21)19-12-17(9-3-4-10-17)15-8-5-11-22-15/h1-2,5-8,11H,3-4,9-10,12H2,(H2,19,20,21). The van der Waals surface area contributed by atoms with E-state index in [1.807, 2.05) is 12.1 Å². The Hall–Kier alpha value is -1.52. The number of carbonyl (C=O) groups is 1. The van der Waals surface area contributed by atoms with Gasteiger partial charge in [0.25, 0.3) is 0 Å². The number of nitrogens with one attached hydrogen (secondary N) is 2. The van der Waals surface area contributed by atoms with Crippen molar-refractivity contribution in [3.63, 3.8) is 0 Å². The molecule has 1 aromatic heterocycles. The highest BCUT2D eigenvalue weighted by molar-refractivity contribution is 7.10. The topological polar surface area (TPSA) is 41.1 Å². The molecule has 0 unspecified atom stereocenters. The monoisotopic (exact) mass is 334 g/mol. The Morgan fingerprint density at radius 2 is 1.95 bits per heavy atom. The van der Waals surface area contributed by atoms with E-state index in [0.29, 0.717) is 17.3 Å². The first-order chi connectivity index (χ1) is 10.7. The third-order valence-corrected chi connectivity index (χ3v) is 5.76. The molecule has 0 spiro atoms. The van der Waals surface area contributed by atoms with Crippen LogP contribution in [0.2, 0.25) is 5.02 Å². The van der Waals surface area contributed by atoms with Crippen LogP contribution < -0.4 is 10.6 Å². The van der Waals surface area contributed by atoms with Crippen LogP contribution in [0.5, 0.6) is 0 Å². The van der Waals surface area contributed by atoms with Crippen molar-refractivity contribution >= 4 is 34.7 Å². The number of anilines is 1. The van der Waals surface area contributed by atoms with E-state index in [-0.39, 0.29) is 11.4 Å². The number of hydrogen-bond donors (Lipinski definition) is 2. The van der Waals surface area contributed by atoms with Gasteiger partial charge in [0, 0.05) is 16.8 Å². The largest absolute Gasteiger partial charge is 0.337 e. The number of amides is 2. The van der Waals surface area contributed by atoms with Crippen LogP contribution in [0.4, 0.5) is 10.5 Å². The Balaban J connectivity index is 1.63. The van der Waals surface area contributed by atoms with Gasteiger partial charge in [0.05, 0.1) is 10.7 Å². The number of rotatable bonds is 4. The molecule has 2 aromatic rings. The number of benzene rings is 1. The number of urea groups is 1. The summed E-state index contributed by atoms with van der Waals surface area (Å²) in [6, 6.07) is 11.3. The van der Waals surface area contributed by atoms with Gasteiger partial charge < -0.3 is 10.6 Å². The highest BCUT2D eigenvalue weighted by Gasteiger charge is 2.36. The third kappa shape index (κ3) is 3.28. The molecule has 1 saturated carbocycles. The van der Waals surface area contributed by atoms with Gasteiger partial charge in [-0.15, -0.1) is 11.3 Å². The summed E-state index contributed by atoms with van der Waals surface area (Å²) in [5, 5.41) is 8.50. The molecule has 1 heterocycles. The summed E-state index contributed by atoms with van der Waals surface area (Å²) in [5.41, 5.74) is 0.740. The summed E-state index contributed by atoms with van der Waals surface area (Å²) in [6.45, 7) is 0.670. The van der Waals surface area contributed by atoms with Gasteiger partial charge in [0.2, 0.25) is 0 Å². The van der Waals surface area contributed by atoms with E-state index in [4.69, 9.17) is 11.6 Å². The molecule has 1 aromatic carbocycles. The molecule has 3 nitrogen and oxygen atoms in total. The van der Waals surface area contributed by atoms with Crippen molar-refractivity contribution in [2.75, 3.05) is 11.9 Å². The van der Waals surface area contributed by atoms with E-state index >= 15 is 0 Å². The molecule has 1 aliphatic carbocycles. The Labute approximate surface area is 139 Å². The molecule has 2 N–H and O–H groups in total. The average molecular weight is 335 g/mol. The zero-order valence-electron chi connectivity index (χ0n) is 12.3. The Morgan fingerprint density at radius 3 is 2.64 bits per heavy atom. The SMILES string of the molecule is O=C(NCC1(c2cccs2)CCCC1)Nc1ccccc1Cl. The predicted molar refractivity (Wildman–Crippen MR) is 92.9 cm³/mol. The maximum absolute atomic E-state index is 12.2. The molecule has 0 atom stereocenters. The lowest BCUT2D eigenvalue weighted by molar-refractivity contribution is 0.248. The lowest BCUT2D eigenvalue weighted by Gasteiger charge is -2.28. The molecule has 1 aliphatic rings. The van der Waals surface area contributed by atoms with E-state index in [1.165, 1.54) is 17.7 Å². The van der Waals surface area contributed by atoms with Crippen LogP contribution in [-0.4, -0.2) is 12.6 Å². The van der Waals surface area contributed by atoms with Crippen molar-refractivity contribution in [2.45, 2.75) is 31.1 Å². The van der Waals surface area contributed by atoms with Crippen LogP contribution >= 0.6 is 22.9 Å². The lowest BCUT2D eigenvalue weighted by Crippen LogP contribution is -2.40.